The Balaban J connectivity index is 2.13. The molecule has 1 aromatic rings. The SMILES string of the molecule is CSCCCCCCNCc1ccc(SC(F)(F)F)cc1. The molecule has 1 rings (SSSR count). The van der Waals surface area contributed by atoms with Crippen LogP contribution in [-0.4, -0.2) is 24.1 Å². The van der Waals surface area contributed by atoms with Crippen LogP contribution in [0.2, 0.25) is 0 Å². The molecule has 0 aliphatic heterocycles. The number of hydrogen-bond donors (Lipinski definition) is 1. The maximum Gasteiger partial charge on any atom is 0.446 e. The molecule has 0 bridgehead atoms. The number of benzene rings is 1. The molecule has 0 saturated carbocycles. The summed E-state index contributed by atoms with van der Waals surface area (Å²) in [5, 5.41) is 3.33. The molecule has 120 valence electrons. The fourth-order valence-corrected chi connectivity index (χ4v) is 2.92. The van der Waals surface area contributed by atoms with Crippen LogP contribution in [0.25, 0.3) is 0 Å². The van der Waals surface area contributed by atoms with Crippen molar-refractivity contribution in [2.45, 2.75) is 42.6 Å². The molecule has 0 aliphatic carbocycles. The molecule has 0 heterocycles. The van der Waals surface area contributed by atoms with Crippen LogP contribution in [0.5, 0.6) is 0 Å². The van der Waals surface area contributed by atoms with E-state index in [-0.39, 0.29) is 16.7 Å². The number of unbranched alkanes of at least 4 members (excludes halogenated alkanes) is 3. The molecule has 0 atom stereocenters. The van der Waals surface area contributed by atoms with Crippen molar-refractivity contribution in [3.8, 4) is 0 Å². The van der Waals surface area contributed by atoms with Crippen LogP contribution in [0.4, 0.5) is 13.2 Å². The first-order valence-electron chi connectivity index (χ1n) is 7.05. The Morgan fingerprint density at radius 1 is 1.00 bits per heavy atom. The molecule has 0 radical (unpaired) electrons. The lowest BCUT2D eigenvalue weighted by Crippen LogP contribution is -2.14. The largest absolute Gasteiger partial charge is 0.446 e. The van der Waals surface area contributed by atoms with Gasteiger partial charge in [0.1, 0.15) is 0 Å². The smallest absolute Gasteiger partial charge is 0.313 e. The third-order valence-electron chi connectivity index (χ3n) is 2.94. The van der Waals surface area contributed by atoms with Crippen molar-refractivity contribution in [3.63, 3.8) is 0 Å². The molecule has 1 aromatic carbocycles. The summed E-state index contributed by atoms with van der Waals surface area (Å²) in [5.74, 6) is 1.23. The molecule has 0 spiro atoms. The van der Waals surface area contributed by atoms with Crippen LogP contribution in [0.15, 0.2) is 29.2 Å². The summed E-state index contributed by atoms with van der Waals surface area (Å²) in [6, 6.07) is 6.55. The van der Waals surface area contributed by atoms with Gasteiger partial charge in [0, 0.05) is 11.4 Å². The average Bonchev–Trinajstić information content (AvgIpc) is 2.42. The standard InChI is InChI=1S/C15H22F3NS2/c1-20-11-5-3-2-4-10-19-12-13-6-8-14(9-7-13)21-15(16,17)18/h6-9,19H,2-5,10-12H2,1H3. The number of nitrogens with one attached hydrogen (secondary N) is 1. The fourth-order valence-electron chi connectivity index (χ4n) is 1.89. The zero-order valence-electron chi connectivity index (χ0n) is 12.2. The number of halogens is 3. The third-order valence-corrected chi connectivity index (χ3v) is 4.37. The Morgan fingerprint density at radius 2 is 1.67 bits per heavy atom. The molecule has 6 heteroatoms. The van der Waals surface area contributed by atoms with Crippen LogP contribution in [0, 0.1) is 0 Å². The van der Waals surface area contributed by atoms with Crippen molar-refractivity contribution in [2.24, 2.45) is 0 Å². The number of thioether (sulfide) groups is 2. The second kappa shape index (κ2) is 10.4. The summed E-state index contributed by atoms with van der Waals surface area (Å²) in [5.41, 5.74) is -3.19. The Labute approximate surface area is 133 Å². The average molecular weight is 337 g/mol. The van der Waals surface area contributed by atoms with Gasteiger partial charge in [0.15, 0.2) is 0 Å². The first kappa shape index (κ1) is 18.7. The van der Waals surface area contributed by atoms with Crippen molar-refractivity contribution in [3.05, 3.63) is 29.8 Å². The van der Waals surface area contributed by atoms with Crippen molar-refractivity contribution >= 4 is 23.5 Å². The lowest BCUT2D eigenvalue weighted by atomic mass is 10.2. The van der Waals surface area contributed by atoms with Crippen LogP contribution >= 0.6 is 23.5 Å². The Hall–Kier alpha value is -0.330. The molecule has 0 fully saturated rings. The fraction of sp³-hybridized carbons (Fsp3) is 0.600. The number of alkyl halides is 3. The van der Waals surface area contributed by atoms with E-state index in [0.29, 0.717) is 6.54 Å². The number of hydrogen-bond acceptors (Lipinski definition) is 3. The molecule has 0 unspecified atom stereocenters. The Kier molecular flexibility index (Phi) is 9.27. The molecular formula is C15H22F3NS2. The van der Waals surface area contributed by atoms with Gasteiger partial charge >= 0.3 is 5.51 Å². The molecule has 0 aliphatic rings. The third kappa shape index (κ3) is 10.1. The van der Waals surface area contributed by atoms with Crippen LogP contribution < -0.4 is 5.32 Å². The van der Waals surface area contributed by atoms with Crippen LogP contribution in [-0.2, 0) is 6.54 Å². The van der Waals surface area contributed by atoms with E-state index >= 15 is 0 Å². The minimum Gasteiger partial charge on any atom is -0.313 e. The molecule has 0 amide bonds. The lowest BCUT2D eigenvalue weighted by Gasteiger charge is -2.08. The Morgan fingerprint density at radius 3 is 2.29 bits per heavy atom. The monoisotopic (exact) mass is 337 g/mol. The summed E-state index contributed by atoms with van der Waals surface area (Å²) >= 11 is 1.81. The molecule has 0 aromatic heterocycles. The number of rotatable bonds is 10. The predicted octanol–water partition coefficient (Wildman–Crippen LogP) is 5.31. The van der Waals surface area contributed by atoms with Crippen molar-refractivity contribution in [1.82, 2.24) is 5.32 Å². The van der Waals surface area contributed by atoms with E-state index in [1.54, 1.807) is 12.1 Å². The van der Waals surface area contributed by atoms with Gasteiger partial charge in [-0.15, -0.1) is 0 Å². The molecule has 1 nitrogen and oxygen atoms in total. The van der Waals surface area contributed by atoms with Gasteiger partial charge in [-0.05, 0) is 60.9 Å². The van der Waals surface area contributed by atoms with Gasteiger partial charge in [-0.3, -0.25) is 0 Å². The summed E-state index contributed by atoms with van der Waals surface area (Å²) in [6.07, 6.45) is 7.05. The highest BCUT2D eigenvalue weighted by atomic mass is 32.2. The van der Waals surface area contributed by atoms with E-state index in [9.17, 15) is 13.2 Å². The highest BCUT2D eigenvalue weighted by Gasteiger charge is 2.28. The van der Waals surface area contributed by atoms with E-state index in [1.807, 2.05) is 11.8 Å². The minimum atomic E-state index is -4.21. The molecule has 21 heavy (non-hydrogen) atoms. The van der Waals surface area contributed by atoms with Crippen LogP contribution in [0.1, 0.15) is 31.2 Å². The van der Waals surface area contributed by atoms with Gasteiger partial charge in [0.05, 0.1) is 0 Å². The summed E-state index contributed by atoms with van der Waals surface area (Å²) < 4.78 is 36.6. The van der Waals surface area contributed by atoms with Gasteiger partial charge in [-0.1, -0.05) is 25.0 Å². The minimum absolute atomic E-state index is 0.0713. The van der Waals surface area contributed by atoms with E-state index < -0.39 is 5.51 Å². The maximum absolute atomic E-state index is 12.2. The van der Waals surface area contributed by atoms with Gasteiger partial charge in [0.2, 0.25) is 0 Å². The second-order valence-electron chi connectivity index (χ2n) is 4.78. The van der Waals surface area contributed by atoms with E-state index in [1.165, 1.54) is 37.1 Å². The second-order valence-corrected chi connectivity index (χ2v) is 6.90. The molecule has 0 saturated heterocycles. The summed E-state index contributed by atoms with van der Waals surface area (Å²) in [6.45, 7) is 1.67. The predicted molar refractivity (Wildman–Crippen MR) is 86.9 cm³/mol. The highest BCUT2D eigenvalue weighted by molar-refractivity contribution is 8.00. The quantitative estimate of drug-likeness (QED) is 0.459. The van der Waals surface area contributed by atoms with E-state index in [0.717, 1.165) is 18.5 Å². The zero-order chi connectivity index (χ0) is 15.6. The van der Waals surface area contributed by atoms with E-state index in [2.05, 4.69) is 11.6 Å². The first-order chi connectivity index (χ1) is 10.0. The topological polar surface area (TPSA) is 12.0 Å². The highest BCUT2D eigenvalue weighted by Crippen LogP contribution is 2.36. The Bertz CT molecular complexity index is 380. The summed E-state index contributed by atoms with van der Waals surface area (Å²) in [4.78, 5) is 0.236. The van der Waals surface area contributed by atoms with Gasteiger partial charge in [0.25, 0.3) is 0 Å². The van der Waals surface area contributed by atoms with Crippen molar-refractivity contribution in [1.29, 1.82) is 0 Å². The molecular weight excluding hydrogens is 315 g/mol. The molecule has 1 N–H and O–H groups in total. The van der Waals surface area contributed by atoms with Crippen molar-refractivity contribution in [2.75, 3.05) is 18.6 Å². The van der Waals surface area contributed by atoms with E-state index in [4.69, 9.17) is 0 Å². The van der Waals surface area contributed by atoms with Crippen LogP contribution in [0.3, 0.4) is 0 Å². The van der Waals surface area contributed by atoms with Gasteiger partial charge in [-0.2, -0.15) is 24.9 Å². The first-order valence-corrected chi connectivity index (χ1v) is 9.26. The summed E-state index contributed by atoms with van der Waals surface area (Å²) in [7, 11) is 0. The van der Waals surface area contributed by atoms with Gasteiger partial charge in [-0.25, -0.2) is 0 Å². The maximum atomic E-state index is 12.2. The van der Waals surface area contributed by atoms with Crippen molar-refractivity contribution < 1.29 is 13.2 Å². The zero-order valence-corrected chi connectivity index (χ0v) is 13.8. The normalized spacial score (nSPS) is 11.8. The lowest BCUT2D eigenvalue weighted by molar-refractivity contribution is -0.0328. The van der Waals surface area contributed by atoms with Gasteiger partial charge < -0.3 is 5.32 Å².